The molecule has 1 atom stereocenters. The first-order chi connectivity index (χ1) is 9.74. The minimum Gasteiger partial charge on any atom is -0.338 e. The van der Waals surface area contributed by atoms with E-state index in [0.29, 0.717) is 11.7 Å². The summed E-state index contributed by atoms with van der Waals surface area (Å²) in [6, 6.07) is 10.1. The molecule has 0 amide bonds. The van der Waals surface area contributed by atoms with Crippen LogP contribution in [-0.4, -0.2) is 19.7 Å². The average Bonchev–Trinajstić information content (AvgIpc) is 3.09. The Kier molecular flexibility index (Phi) is 3.56. The number of benzene rings is 1. The third-order valence-corrected chi connectivity index (χ3v) is 3.88. The van der Waals surface area contributed by atoms with Gasteiger partial charge in [-0.1, -0.05) is 35.1 Å². The minimum absolute atomic E-state index is 0.0565. The maximum Gasteiger partial charge on any atom is 0.239 e. The number of rotatable bonds is 4. The van der Waals surface area contributed by atoms with Gasteiger partial charge in [-0.15, -0.1) is 0 Å². The molecule has 6 heteroatoms. The van der Waals surface area contributed by atoms with Gasteiger partial charge in [0.2, 0.25) is 5.89 Å². The van der Waals surface area contributed by atoms with Crippen LogP contribution in [0.5, 0.6) is 0 Å². The van der Waals surface area contributed by atoms with Crippen LogP contribution in [0.25, 0.3) is 5.69 Å². The number of para-hydroxylation sites is 1. The Morgan fingerprint density at radius 1 is 1.25 bits per heavy atom. The van der Waals surface area contributed by atoms with E-state index in [4.69, 9.17) is 4.52 Å². The largest absolute Gasteiger partial charge is 0.338 e. The molecule has 0 saturated heterocycles. The molecule has 0 aliphatic rings. The monoisotopic (exact) mass is 286 g/mol. The van der Waals surface area contributed by atoms with E-state index in [-0.39, 0.29) is 5.25 Å². The van der Waals surface area contributed by atoms with Crippen molar-refractivity contribution in [3.8, 4) is 5.69 Å². The number of thioether (sulfide) groups is 1. The second-order valence-electron chi connectivity index (χ2n) is 4.36. The van der Waals surface area contributed by atoms with E-state index >= 15 is 0 Å². The predicted octanol–water partition coefficient (Wildman–Crippen LogP) is 3.42. The first-order valence-corrected chi connectivity index (χ1v) is 7.17. The van der Waals surface area contributed by atoms with Gasteiger partial charge in [-0.25, -0.2) is 4.98 Å². The fourth-order valence-electron chi connectivity index (χ4n) is 1.85. The van der Waals surface area contributed by atoms with Crippen LogP contribution >= 0.6 is 11.8 Å². The molecule has 1 aromatic carbocycles. The SMILES string of the molecule is Cc1noc([C@@H](C)Sc2nccn2-c2ccccc2)n1. The molecule has 0 fully saturated rings. The lowest BCUT2D eigenvalue weighted by Gasteiger charge is -2.09. The average molecular weight is 286 g/mol. The fraction of sp³-hybridized carbons (Fsp3) is 0.214. The highest BCUT2D eigenvalue weighted by Crippen LogP contribution is 2.33. The molecule has 2 aromatic heterocycles. The number of aryl methyl sites for hydroxylation is 1. The van der Waals surface area contributed by atoms with Crippen molar-refractivity contribution in [3.05, 3.63) is 54.4 Å². The van der Waals surface area contributed by atoms with Gasteiger partial charge in [-0.3, -0.25) is 4.57 Å². The Morgan fingerprint density at radius 2 is 2.05 bits per heavy atom. The minimum atomic E-state index is 0.0565. The fourth-order valence-corrected chi connectivity index (χ4v) is 2.76. The molecule has 20 heavy (non-hydrogen) atoms. The number of imidazole rings is 1. The normalized spacial score (nSPS) is 12.5. The molecule has 0 aliphatic carbocycles. The van der Waals surface area contributed by atoms with Crippen LogP contribution in [0, 0.1) is 6.92 Å². The number of hydrogen-bond acceptors (Lipinski definition) is 5. The van der Waals surface area contributed by atoms with E-state index in [2.05, 4.69) is 15.1 Å². The van der Waals surface area contributed by atoms with Gasteiger partial charge in [-0.2, -0.15) is 4.98 Å². The Morgan fingerprint density at radius 3 is 2.75 bits per heavy atom. The second kappa shape index (κ2) is 5.50. The molecule has 5 nitrogen and oxygen atoms in total. The van der Waals surface area contributed by atoms with Gasteiger partial charge in [0.05, 0.1) is 5.25 Å². The van der Waals surface area contributed by atoms with E-state index < -0.39 is 0 Å². The van der Waals surface area contributed by atoms with Crippen molar-refractivity contribution in [1.82, 2.24) is 19.7 Å². The van der Waals surface area contributed by atoms with Crippen molar-refractivity contribution >= 4 is 11.8 Å². The van der Waals surface area contributed by atoms with Gasteiger partial charge in [0.1, 0.15) is 0 Å². The maximum absolute atomic E-state index is 5.20. The molecular weight excluding hydrogens is 272 g/mol. The summed E-state index contributed by atoms with van der Waals surface area (Å²) in [7, 11) is 0. The lowest BCUT2D eigenvalue weighted by Crippen LogP contribution is -1.97. The van der Waals surface area contributed by atoms with Crippen LogP contribution in [0.4, 0.5) is 0 Å². The molecule has 0 N–H and O–H groups in total. The summed E-state index contributed by atoms with van der Waals surface area (Å²) in [6.07, 6.45) is 3.74. The summed E-state index contributed by atoms with van der Waals surface area (Å²) in [5.74, 6) is 1.27. The Bertz CT molecular complexity index is 692. The molecule has 0 bridgehead atoms. The zero-order valence-electron chi connectivity index (χ0n) is 11.2. The number of nitrogens with zero attached hydrogens (tertiary/aromatic N) is 4. The molecule has 0 spiro atoms. The van der Waals surface area contributed by atoms with Crippen LogP contribution in [0.3, 0.4) is 0 Å². The highest BCUT2D eigenvalue weighted by Gasteiger charge is 2.17. The predicted molar refractivity (Wildman–Crippen MR) is 76.9 cm³/mol. The maximum atomic E-state index is 5.20. The summed E-state index contributed by atoms with van der Waals surface area (Å²) in [5.41, 5.74) is 1.08. The third kappa shape index (κ3) is 2.60. The number of hydrogen-bond donors (Lipinski definition) is 0. The summed E-state index contributed by atoms with van der Waals surface area (Å²) in [5, 5.41) is 4.78. The van der Waals surface area contributed by atoms with Gasteiger partial charge in [-0.05, 0) is 26.0 Å². The van der Waals surface area contributed by atoms with Crippen molar-refractivity contribution in [2.24, 2.45) is 0 Å². The molecule has 0 aliphatic heterocycles. The summed E-state index contributed by atoms with van der Waals surface area (Å²) in [6.45, 7) is 3.84. The molecule has 0 radical (unpaired) electrons. The van der Waals surface area contributed by atoms with Gasteiger partial charge in [0.15, 0.2) is 11.0 Å². The quantitative estimate of drug-likeness (QED) is 0.688. The molecular formula is C14H14N4OS. The number of aromatic nitrogens is 4. The van der Waals surface area contributed by atoms with E-state index in [9.17, 15) is 0 Å². The topological polar surface area (TPSA) is 56.7 Å². The Labute approximate surface area is 121 Å². The van der Waals surface area contributed by atoms with E-state index in [1.807, 2.05) is 54.9 Å². The van der Waals surface area contributed by atoms with Gasteiger partial charge < -0.3 is 4.52 Å². The van der Waals surface area contributed by atoms with Crippen LogP contribution in [0.15, 0.2) is 52.4 Å². The van der Waals surface area contributed by atoms with Crippen molar-refractivity contribution in [2.75, 3.05) is 0 Å². The van der Waals surface area contributed by atoms with Gasteiger partial charge >= 0.3 is 0 Å². The molecule has 102 valence electrons. The van der Waals surface area contributed by atoms with Crippen LogP contribution in [0.1, 0.15) is 23.9 Å². The third-order valence-electron chi connectivity index (χ3n) is 2.81. The van der Waals surface area contributed by atoms with Gasteiger partial charge in [0, 0.05) is 18.1 Å². The van der Waals surface area contributed by atoms with Crippen LogP contribution in [0.2, 0.25) is 0 Å². The lowest BCUT2D eigenvalue weighted by molar-refractivity contribution is 0.376. The Hall–Kier alpha value is -2.08. The molecule has 3 rings (SSSR count). The van der Waals surface area contributed by atoms with Crippen LogP contribution < -0.4 is 0 Å². The first kappa shape index (κ1) is 12.9. The zero-order valence-corrected chi connectivity index (χ0v) is 12.0. The lowest BCUT2D eigenvalue weighted by atomic mass is 10.3. The molecule has 3 aromatic rings. The summed E-state index contributed by atoms with van der Waals surface area (Å²) in [4.78, 5) is 8.66. The standard InChI is InChI=1S/C14H14N4OS/c1-10(13-16-11(2)17-19-13)20-14-15-8-9-18(14)12-6-4-3-5-7-12/h3-10H,1-2H3/t10-/m1/s1. The van der Waals surface area contributed by atoms with Gasteiger partial charge in [0.25, 0.3) is 0 Å². The van der Waals surface area contributed by atoms with Crippen molar-refractivity contribution in [1.29, 1.82) is 0 Å². The smallest absolute Gasteiger partial charge is 0.239 e. The van der Waals surface area contributed by atoms with E-state index in [1.54, 1.807) is 18.0 Å². The van der Waals surface area contributed by atoms with E-state index in [0.717, 1.165) is 10.8 Å². The van der Waals surface area contributed by atoms with Crippen molar-refractivity contribution < 1.29 is 4.52 Å². The zero-order chi connectivity index (χ0) is 13.9. The highest BCUT2D eigenvalue weighted by molar-refractivity contribution is 7.99. The molecule has 2 heterocycles. The Balaban J connectivity index is 1.84. The van der Waals surface area contributed by atoms with Crippen LogP contribution in [-0.2, 0) is 0 Å². The van der Waals surface area contributed by atoms with Crippen molar-refractivity contribution in [2.45, 2.75) is 24.3 Å². The first-order valence-electron chi connectivity index (χ1n) is 6.29. The highest BCUT2D eigenvalue weighted by atomic mass is 32.2. The van der Waals surface area contributed by atoms with Crippen molar-refractivity contribution in [3.63, 3.8) is 0 Å². The summed E-state index contributed by atoms with van der Waals surface area (Å²) < 4.78 is 7.25. The molecule has 0 saturated carbocycles. The summed E-state index contributed by atoms with van der Waals surface area (Å²) >= 11 is 1.59. The second-order valence-corrected chi connectivity index (χ2v) is 5.66. The molecule has 0 unspecified atom stereocenters. The van der Waals surface area contributed by atoms with E-state index in [1.165, 1.54) is 0 Å².